The summed E-state index contributed by atoms with van der Waals surface area (Å²) in [5.41, 5.74) is 0. The molecule has 0 bridgehead atoms. The van der Waals surface area contributed by atoms with Crippen LogP contribution in [0.3, 0.4) is 0 Å². The van der Waals surface area contributed by atoms with Crippen LogP contribution in [0.1, 0.15) is 51.9 Å². The van der Waals surface area contributed by atoms with Crippen molar-refractivity contribution < 1.29 is 14.7 Å². The van der Waals surface area contributed by atoms with Gasteiger partial charge in [-0.2, -0.15) is 0 Å². The SMILES string of the molecule is CCC1SCC(C(=O)O)N1C(=O)NC1CCCCCC1. The molecule has 1 aliphatic heterocycles. The Hall–Kier alpha value is -0.910. The second-order valence-electron chi connectivity index (χ2n) is 5.60. The summed E-state index contributed by atoms with van der Waals surface area (Å²) in [5.74, 6) is -0.407. The van der Waals surface area contributed by atoms with E-state index in [0.717, 1.165) is 32.1 Å². The summed E-state index contributed by atoms with van der Waals surface area (Å²) < 4.78 is 0. The number of carboxylic acids is 1. The Kier molecular flexibility index (Phi) is 5.57. The van der Waals surface area contributed by atoms with Crippen LogP contribution in [0.15, 0.2) is 0 Å². The molecular formula is C14H24N2O3S. The van der Waals surface area contributed by atoms with Gasteiger partial charge in [0.2, 0.25) is 0 Å². The summed E-state index contributed by atoms with van der Waals surface area (Å²) in [4.78, 5) is 25.3. The van der Waals surface area contributed by atoms with E-state index in [4.69, 9.17) is 0 Å². The van der Waals surface area contributed by atoms with Crippen LogP contribution in [0, 0.1) is 0 Å². The number of hydrogen-bond donors (Lipinski definition) is 2. The summed E-state index contributed by atoms with van der Waals surface area (Å²) in [6, 6.07) is -0.667. The number of hydrogen-bond acceptors (Lipinski definition) is 3. The molecule has 2 amide bonds. The molecule has 2 atom stereocenters. The van der Waals surface area contributed by atoms with Crippen LogP contribution in [0.4, 0.5) is 4.79 Å². The van der Waals surface area contributed by atoms with Crippen molar-refractivity contribution in [2.75, 3.05) is 5.75 Å². The van der Waals surface area contributed by atoms with Crippen molar-refractivity contribution in [1.29, 1.82) is 0 Å². The summed E-state index contributed by atoms with van der Waals surface area (Å²) in [5, 5.41) is 12.3. The number of amides is 2. The van der Waals surface area contributed by atoms with Gasteiger partial charge in [-0.3, -0.25) is 4.90 Å². The largest absolute Gasteiger partial charge is 0.480 e. The Morgan fingerprint density at radius 2 is 1.90 bits per heavy atom. The van der Waals surface area contributed by atoms with Gasteiger partial charge in [-0.05, 0) is 19.3 Å². The minimum atomic E-state index is -0.899. The van der Waals surface area contributed by atoms with Crippen molar-refractivity contribution in [3.05, 3.63) is 0 Å². The first-order valence-electron chi connectivity index (χ1n) is 7.56. The molecule has 6 heteroatoms. The third-order valence-electron chi connectivity index (χ3n) is 4.14. The molecule has 1 saturated carbocycles. The fourth-order valence-electron chi connectivity index (χ4n) is 3.01. The Morgan fingerprint density at radius 1 is 1.25 bits per heavy atom. The number of rotatable bonds is 3. The second-order valence-corrected chi connectivity index (χ2v) is 6.81. The first-order valence-corrected chi connectivity index (χ1v) is 8.61. The maximum atomic E-state index is 12.4. The van der Waals surface area contributed by atoms with E-state index in [-0.39, 0.29) is 17.4 Å². The van der Waals surface area contributed by atoms with Crippen molar-refractivity contribution in [1.82, 2.24) is 10.2 Å². The predicted octanol–water partition coefficient (Wildman–Crippen LogP) is 2.66. The zero-order valence-electron chi connectivity index (χ0n) is 12.0. The molecule has 0 aromatic heterocycles. The van der Waals surface area contributed by atoms with Gasteiger partial charge in [-0.1, -0.05) is 32.6 Å². The smallest absolute Gasteiger partial charge is 0.327 e. The van der Waals surface area contributed by atoms with Gasteiger partial charge in [-0.25, -0.2) is 9.59 Å². The highest BCUT2D eigenvalue weighted by Crippen LogP contribution is 2.31. The molecule has 2 N–H and O–H groups in total. The van der Waals surface area contributed by atoms with Gasteiger partial charge in [0.15, 0.2) is 0 Å². The van der Waals surface area contributed by atoms with Gasteiger partial charge >= 0.3 is 12.0 Å². The lowest BCUT2D eigenvalue weighted by atomic mass is 10.1. The highest BCUT2D eigenvalue weighted by molar-refractivity contribution is 8.00. The normalized spacial score (nSPS) is 28.1. The number of nitrogens with one attached hydrogen (secondary N) is 1. The lowest BCUT2D eigenvalue weighted by Gasteiger charge is -2.29. The summed E-state index contributed by atoms with van der Waals surface area (Å²) in [7, 11) is 0. The monoisotopic (exact) mass is 300 g/mol. The van der Waals surface area contributed by atoms with E-state index in [0.29, 0.717) is 5.75 Å². The first-order chi connectivity index (χ1) is 9.63. The van der Waals surface area contributed by atoms with Crippen molar-refractivity contribution in [3.8, 4) is 0 Å². The van der Waals surface area contributed by atoms with Crippen molar-refractivity contribution >= 4 is 23.8 Å². The molecule has 0 aromatic rings. The lowest BCUT2D eigenvalue weighted by molar-refractivity contribution is -0.141. The highest BCUT2D eigenvalue weighted by Gasteiger charge is 2.41. The minimum absolute atomic E-state index is 0.0121. The Labute approximate surface area is 124 Å². The number of nitrogens with zero attached hydrogens (tertiary/aromatic N) is 1. The van der Waals surface area contributed by atoms with E-state index in [1.54, 1.807) is 11.8 Å². The number of thioether (sulfide) groups is 1. The van der Waals surface area contributed by atoms with Gasteiger partial charge < -0.3 is 10.4 Å². The Bertz CT molecular complexity index is 356. The third kappa shape index (κ3) is 3.59. The number of urea groups is 1. The maximum absolute atomic E-state index is 12.4. The summed E-state index contributed by atoms with van der Waals surface area (Å²) in [6.45, 7) is 1.99. The van der Waals surface area contributed by atoms with E-state index < -0.39 is 12.0 Å². The van der Waals surface area contributed by atoms with Crippen LogP contribution >= 0.6 is 11.8 Å². The molecule has 2 rings (SSSR count). The van der Waals surface area contributed by atoms with Gasteiger partial charge in [0.1, 0.15) is 6.04 Å². The number of carbonyl (C=O) groups is 2. The standard InChI is InChI=1S/C14H24N2O3S/c1-2-12-16(11(9-20-12)13(17)18)14(19)15-10-7-5-3-4-6-8-10/h10-12H,2-9H2,1H3,(H,15,19)(H,17,18). The van der Waals surface area contributed by atoms with Crippen molar-refractivity contribution in [3.63, 3.8) is 0 Å². The van der Waals surface area contributed by atoms with Crippen LogP contribution < -0.4 is 5.32 Å². The summed E-state index contributed by atoms with van der Waals surface area (Å²) >= 11 is 1.57. The van der Waals surface area contributed by atoms with Crippen LogP contribution in [0.2, 0.25) is 0 Å². The molecule has 20 heavy (non-hydrogen) atoms. The van der Waals surface area contributed by atoms with Crippen LogP contribution in [-0.4, -0.2) is 45.2 Å². The minimum Gasteiger partial charge on any atom is -0.480 e. The molecule has 2 fully saturated rings. The molecule has 0 radical (unpaired) electrons. The molecule has 2 unspecified atom stereocenters. The van der Waals surface area contributed by atoms with E-state index in [2.05, 4.69) is 5.32 Å². The number of aliphatic carboxylic acids is 1. The zero-order chi connectivity index (χ0) is 14.5. The fourth-order valence-corrected chi connectivity index (χ4v) is 4.36. The molecule has 1 heterocycles. The molecule has 0 spiro atoms. The highest BCUT2D eigenvalue weighted by atomic mass is 32.2. The topological polar surface area (TPSA) is 69.6 Å². The summed E-state index contributed by atoms with van der Waals surface area (Å²) in [6.07, 6.45) is 7.59. The first kappa shape index (κ1) is 15.5. The van der Waals surface area contributed by atoms with E-state index in [1.165, 1.54) is 17.7 Å². The molecule has 0 aromatic carbocycles. The Morgan fingerprint density at radius 3 is 2.45 bits per heavy atom. The lowest BCUT2D eigenvalue weighted by Crippen LogP contribution is -2.52. The van der Waals surface area contributed by atoms with Gasteiger partial charge in [0.05, 0.1) is 5.37 Å². The molecule has 1 saturated heterocycles. The quantitative estimate of drug-likeness (QED) is 0.786. The van der Waals surface area contributed by atoms with Crippen LogP contribution in [0.25, 0.3) is 0 Å². The van der Waals surface area contributed by atoms with Gasteiger partial charge in [0, 0.05) is 11.8 Å². The van der Waals surface area contributed by atoms with E-state index >= 15 is 0 Å². The average Bonchev–Trinajstić information content (AvgIpc) is 2.70. The number of carboxylic acid groups (broad SMARTS) is 1. The number of carbonyl (C=O) groups excluding carboxylic acids is 1. The molecule has 1 aliphatic carbocycles. The average molecular weight is 300 g/mol. The second kappa shape index (κ2) is 7.20. The Balaban J connectivity index is 1.99. The van der Waals surface area contributed by atoms with Crippen molar-refractivity contribution in [2.24, 2.45) is 0 Å². The molecule has 2 aliphatic rings. The molecule has 5 nitrogen and oxygen atoms in total. The zero-order valence-corrected chi connectivity index (χ0v) is 12.8. The van der Waals surface area contributed by atoms with Crippen molar-refractivity contribution in [2.45, 2.75) is 69.3 Å². The van der Waals surface area contributed by atoms with Crippen LogP contribution in [-0.2, 0) is 4.79 Å². The predicted molar refractivity (Wildman–Crippen MR) is 79.8 cm³/mol. The molecular weight excluding hydrogens is 276 g/mol. The van der Waals surface area contributed by atoms with Crippen LogP contribution in [0.5, 0.6) is 0 Å². The van der Waals surface area contributed by atoms with Gasteiger partial charge in [0.25, 0.3) is 0 Å². The van der Waals surface area contributed by atoms with E-state index in [9.17, 15) is 14.7 Å². The third-order valence-corrected chi connectivity index (χ3v) is 5.60. The maximum Gasteiger partial charge on any atom is 0.327 e. The fraction of sp³-hybridized carbons (Fsp3) is 0.857. The van der Waals surface area contributed by atoms with Gasteiger partial charge in [-0.15, -0.1) is 11.8 Å². The van der Waals surface area contributed by atoms with E-state index in [1.807, 2.05) is 6.92 Å². The molecule has 114 valence electrons.